The number of carbonyl (C=O) groups is 1. The summed E-state index contributed by atoms with van der Waals surface area (Å²) >= 11 is 6.52. The highest BCUT2D eigenvalue weighted by Crippen LogP contribution is 2.38. The van der Waals surface area contributed by atoms with Crippen LogP contribution in [0.4, 0.5) is 16.0 Å². The second kappa shape index (κ2) is 15.9. The summed E-state index contributed by atoms with van der Waals surface area (Å²) in [6, 6.07) is 13.7. The zero-order valence-electron chi connectivity index (χ0n) is 29.8. The normalized spacial score (nSPS) is 11.6. The molecule has 2 aromatic carbocycles. The highest BCUT2D eigenvalue weighted by atomic mass is 35.5. The van der Waals surface area contributed by atoms with E-state index >= 15 is 4.39 Å². The molecule has 5 aromatic rings. The van der Waals surface area contributed by atoms with Crippen LogP contribution in [0.5, 0.6) is 11.6 Å². The molecule has 0 saturated carbocycles. The lowest BCUT2D eigenvalue weighted by Crippen LogP contribution is -2.23. The van der Waals surface area contributed by atoms with E-state index in [0.717, 1.165) is 5.56 Å². The predicted molar refractivity (Wildman–Crippen MR) is 194 cm³/mol. The fourth-order valence-electron chi connectivity index (χ4n) is 5.69. The minimum Gasteiger partial charge on any atom is -0.497 e. The van der Waals surface area contributed by atoms with E-state index in [9.17, 15) is 14.9 Å². The van der Waals surface area contributed by atoms with E-state index in [2.05, 4.69) is 15.3 Å². The summed E-state index contributed by atoms with van der Waals surface area (Å²) in [7, 11) is 6.61. The Labute approximate surface area is 305 Å². The largest absolute Gasteiger partial charge is 0.497 e. The van der Waals surface area contributed by atoms with E-state index in [1.54, 1.807) is 57.4 Å². The number of nitrogens with one attached hydrogen (secondary N) is 1. The van der Waals surface area contributed by atoms with E-state index in [4.69, 9.17) is 30.9 Å². The minimum absolute atomic E-state index is 0.0572. The number of aromatic nitrogens is 5. The molecule has 1 N–H and O–H groups in total. The molecule has 52 heavy (non-hydrogen) atoms. The van der Waals surface area contributed by atoms with Crippen molar-refractivity contribution in [2.24, 2.45) is 0 Å². The zero-order valence-corrected chi connectivity index (χ0v) is 30.5. The fraction of sp³-hybridized carbons (Fsp3) is 0.297. The molecule has 1 unspecified atom stereocenters. The first-order valence-corrected chi connectivity index (χ1v) is 16.7. The van der Waals surface area contributed by atoms with Gasteiger partial charge in [0.15, 0.2) is 5.69 Å². The van der Waals surface area contributed by atoms with E-state index in [1.165, 1.54) is 40.8 Å². The van der Waals surface area contributed by atoms with Gasteiger partial charge in [-0.3, -0.25) is 4.79 Å². The molecule has 3 heterocycles. The Morgan fingerprint density at radius 2 is 1.85 bits per heavy atom. The number of pyridine rings is 1. The van der Waals surface area contributed by atoms with E-state index in [-0.39, 0.29) is 41.2 Å². The van der Waals surface area contributed by atoms with Gasteiger partial charge in [0.05, 0.1) is 56.6 Å². The lowest BCUT2D eigenvalue weighted by molar-refractivity contribution is 0.0517. The number of rotatable bonds is 13. The van der Waals surface area contributed by atoms with Gasteiger partial charge in [-0.15, -0.1) is 0 Å². The third-order valence-corrected chi connectivity index (χ3v) is 8.39. The van der Waals surface area contributed by atoms with Crippen molar-refractivity contribution in [3.63, 3.8) is 0 Å². The van der Waals surface area contributed by atoms with Crippen molar-refractivity contribution in [2.45, 2.75) is 39.3 Å². The van der Waals surface area contributed by atoms with Crippen molar-refractivity contribution < 1.29 is 23.4 Å². The van der Waals surface area contributed by atoms with Gasteiger partial charge >= 0.3 is 5.97 Å². The van der Waals surface area contributed by atoms with Crippen molar-refractivity contribution in [3.05, 3.63) is 116 Å². The monoisotopic (exact) mass is 728 g/mol. The number of hydrogen-bond acceptors (Lipinski definition) is 11. The molecule has 0 bridgehead atoms. The van der Waals surface area contributed by atoms with Crippen LogP contribution in [0, 0.1) is 17.1 Å². The van der Waals surface area contributed by atoms with Crippen LogP contribution in [0.3, 0.4) is 0 Å². The average molecular weight is 729 g/mol. The summed E-state index contributed by atoms with van der Waals surface area (Å²) in [5.74, 6) is -0.552. The molecule has 15 heteroatoms. The topological polar surface area (TPSA) is 149 Å². The molecule has 0 fully saturated rings. The van der Waals surface area contributed by atoms with Gasteiger partial charge < -0.3 is 29.0 Å². The highest BCUT2D eigenvalue weighted by molar-refractivity contribution is 6.30. The molecule has 0 aliphatic heterocycles. The van der Waals surface area contributed by atoms with Gasteiger partial charge in [-0.1, -0.05) is 43.6 Å². The highest BCUT2D eigenvalue weighted by Gasteiger charge is 2.34. The molecular weight excluding hydrogens is 691 g/mol. The lowest BCUT2D eigenvalue weighted by Gasteiger charge is -2.24. The predicted octanol–water partition coefficient (Wildman–Crippen LogP) is 6.12. The van der Waals surface area contributed by atoms with Crippen molar-refractivity contribution >= 4 is 29.2 Å². The van der Waals surface area contributed by atoms with Gasteiger partial charge in [-0.25, -0.2) is 18.9 Å². The summed E-state index contributed by atoms with van der Waals surface area (Å²) in [6.45, 7) is 5.74. The maximum Gasteiger partial charge on any atom is 0.359 e. The smallest absolute Gasteiger partial charge is 0.359 e. The third kappa shape index (κ3) is 7.69. The van der Waals surface area contributed by atoms with Crippen LogP contribution in [0.2, 0.25) is 5.02 Å². The molecule has 0 radical (unpaired) electrons. The van der Waals surface area contributed by atoms with Crippen LogP contribution < -0.4 is 25.2 Å². The number of nitriles is 1. The van der Waals surface area contributed by atoms with Gasteiger partial charge in [0.2, 0.25) is 11.8 Å². The molecule has 270 valence electrons. The zero-order chi connectivity index (χ0) is 37.7. The maximum absolute atomic E-state index is 15.4. The summed E-state index contributed by atoms with van der Waals surface area (Å²) < 4.78 is 34.7. The number of anilines is 2. The van der Waals surface area contributed by atoms with Crippen molar-refractivity contribution in [3.8, 4) is 23.4 Å². The molecule has 0 saturated heterocycles. The average Bonchev–Trinajstić information content (AvgIpc) is 3.53. The van der Waals surface area contributed by atoms with Gasteiger partial charge in [-0.2, -0.15) is 15.3 Å². The van der Waals surface area contributed by atoms with Crippen molar-refractivity contribution in [1.82, 2.24) is 24.3 Å². The molecule has 0 aliphatic rings. The Morgan fingerprint density at radius 3 is 2.44 bits per heavy atom. The number of methoxy groups -OCH3 is 2. The first kappa shape index (κ1) is 37.3. The van der Waals surface area contributed by atoms with Crippen LogP contribution in [0.1, 0.15) is 71.2 Å². The number of hydrogen-bond donors (Lipinski definition) is 1. The van der Waals surface area contributed by atoms with Crippen LogP contribution in [0.15, 0.2) is 65.7 Å². The summed E-state index contributed by atoms with van der Waals surface area (Å²) in [6.07, 6.45) is 3.13. The van der Waals surface area contributed by atoms with Crippen LogP contribution in [-0.2, 0) is 11.3 Å². The van der Waals surface area contributed by atoms with Gasteiger partial charge in [-0.05, 0) is 54.3 Å². The molecule has 1 atom stereocenters. The summed E-state index contributed by atoms with van der Waals surface area (Å²) in [5.41, 5.74) is 2.10. The number of benzene rings is 2. The second-order valence-corrected chi connectivity index (χ2v) is 12.6. The van der Waals surface area contributed by atoms with Gasteiger partial charge in [0.25, 0.3) is 5.56 Å². The lowest BCUT2D eigenvalue weighted by atomic mass is 9.91. The Kier molecular flexibility index (Phi) is 11.4. The molecule has 13 nitrogen and oxygen atoms in total. The summed E-state index contributed by atoms with van der Waals surface area (Å²) in [5, 5.41) is 17.6. The summed E-state index contributed by atoms with van der Waals surface area (Å²) in [4.78, 5) is 37.7. The SMILES string of the molecule is CCOC(=O)c1nn(-c2cnc(N(C)C)nc2OC)c(C(C)C)c1C(Nc1cc(Cl)c(=O)n(Cc2ccc(OC)cc2)c1)c1ccc(C#N)c(F)c1. The Bertz CT molecular complexity index is 2190. The molecule has 0 spiro atoms. The van der Waals surface area contributed by atoms with Crippen LogP contribution in [0.25, 0.3) is 5.69 Å². The third-order valence-electron chi connectivity index (χ3n) is 8.12. The van der Waals surface area contributed by atoms with E-state index in [1.807, 2.05) is 32.0 Å². The van der Waals surface area contributed by atoms with Crippen molar-refractivity contribution in [1.29, 1.82) is 5.26 Å². The standard InChI is InChI=1S/C37H38ClFN8O5/c1-8-52-36(49)32-30(33(21(2)3)47(44-32)29-18-41-37(45(4)5)43-34(29)51-7)31(23-11-12-24(17-40)28(39)15-23)42-25-16-27(38)35(48)46(20-25)19-22-9-13-26(50-6)14-10-22/h9-16,18,20-21,31,42H,8,19H2,1-7H3. The number of esters is 1. The Balaban J connectivity index is 1.76. The molecule has 5 rings (SSSR count). The van der Waals surface area contributed by atoms with Gasteiger partial charge in [0, 0.05) is 25.9 Å². The van der Waals surface area contributed by atoms with Crippen molar-refractivity contribution in [2.75, 3.05) is 45.1 Å². The number of nitrogens with zero attached hydrogens (tertiary/aromatic N) is 7. The van der Waals surface area contributed by atoms with E-state index in [0.29, 0.717) is 39.9 Å². The Morgan fingerprint density at radius 1 is 1.12 bits per heavy atom. The number of ether oxygens (including phenoxy) is 3. The second-order valence-electron chi connectivity index (χ2n) is 12.2. The first-order chi connectivity index (χ1) is 24.9. The number of carbonyl (C=O) groups excluding carboxylic acids is 1. The van der Waals surface area contributed by atoms with Gasteiger partial charge in [0.1, 0.15) is 28.3 Å². The molecular formula is C37H38ClFN8O5. The Hall–Kier alpha value is -5.94. The number of halogens is 2. The maximum atomic E-state index is 15.4. The minimum atomic E-state index is -0.997. The fourth-order valence-corrected chi connectivity index (χ4v) is 5.92. The van der Waals surface area contributed by atoms with Crippen LogP contribution in [-0.4, -0.2) is 65.2 Å². The van der Waals surface area contributed by atoms with E-state index < -0.39 is 23.4 Å². The molecule has 3 aromatic heterocycles. The quantitative estimate of drug-likeness (QED) is 0.140. The molecule has 0 aliphatic carbocycles. The first-order valence-electron chi connectivity index (χ1n) is 16.3. The van der Waals surface area contributed by atoms with Crippen LogP contribution >= 0.6 is 11.6 Å². The molecule has 0 amide bonds.